The molecule has 1 saturated heterocycles. The van der Waals surface area contributed by atoms with Crippen LogP contribution in [0.25, 0.3) is 0 Å². The summed E-state index contributed by atoms with van der Waals surface area (Å²) in [6.45, 7) is 11.0. The average molecular weight is 304 g/mol. The van der Waals surface area contributed by atoms with Gasteiger partial charge in [0.1, 0.15) is 0 Å². The zero-order valence-corrected chi connectivity index (χ0v) is 14.7. The van der Waals surface area contributed by atoms with Crippen LogP contribution in [0.1, 0.15) is 44.7 Å². The lowest BCUT2D eigenvalue weighted by atomic mass is 9.86. The van der Waals surface area contributed by atoms with Crippen LogP contribution in [0.5, 0.6) is 0 Å². The molecule has 1 aromatic carbocycles. The highest BCUT2D eigenvalue weighted by atomic mass is 16.3. The number of benzene rings is 1. The molecule has 0 aliphatic carbocycles. The van der Waals surface area contributed by atoms with Gasteiger partial charge in [-0.1, -0.05) is 45.0 Å². The van der Waals surface area contributed by atoms with Crippen LogP contribution in [-0.2, 0) is 12.0 Å². The Morgan fingerprint density at radius 2 is 1.73 bits per heavy atom. The second kappa shape index (κ2) is 7.58. The van der Waals surface area contributed by atoms with Gasteiger partial charge < -0.3 is 10.0 Å². The molecule has 124 valence electrons. The van der Waals surface area contributed by atoms with Crippen LogP contribution in [0.15, 0.2) is 24.3 Å². The Hall–Kier alpha value is -0.900. The molecule has 1 fully saturated rings. The van der Waals surface area contributed by atoms with Crippen LogP contribution in [-0.4, -0.2) is 54.2 Å². The third kappa shape index (κ3) is 4.80. The normalized spacial score (nSPS) is 18.1. The summed E-state index contributed by atoms with van der Waals surface area (Å²) in [4.78, 5) is 4.85. The van der Waals surface area contributed by atoms with E-state index in [9.17, 15) is 5.11 Å². The SMILES string of the molecule is CN1CCC(N(CCO)Cc2ccc(C(C)(C)C)cc2)CC1. The topological polar surface area (TPSA) is 26.7 Å². The molecule has 0 bridgehead atoms. The Morgan fingerprint density at radius 1 is 1.14 bits per heavy atom. The average Bonchev–Trinajstić information content (AvgIpc) is 2.47. The summed E-state index contributed by atoms with van der Waals surface area (Å²) >= 11 is 0. The molecule has 0 unspecified atom stereocenters. The fraction of sp³-hybridized carbons (Fsp3) is 0.684. The minimum atomic E-state index is 0.206. The molecule has 3 heteroatoms. The molecule has 0 atom stereocenters. The number of likely N-dealkylation sites (tertiary alicyclic amines) is 1. The highest BCUT2D eigenvalue weighted by Gasteiger charge is 2.23. The third-order valence-electron chi connectivity index (χ3n) is 4.80. The van der Waals surface area contributed by atoms with Crippen LogP contribution in [0, 0.1) is 0 Å². The van der Waals surface area contributed by atoms with Gasteiger partial charge in [-0.25, -0.2) is 0 Å². The Labute approximate surface area is 135 Å². The van der Waals surface area contributed by atoms with E-state index in [-0.39, 0.29) is 12.0 Å². The number of nitrogens with zero attached hydrogens (tertiary/aromatic N) is 2. The first kappa shape index (κ1) is 17.5. The van der Waals surface area contributed by atoms with Crippen molar-refractivity contribution in [2.45, 2.75) is 51.6 Å². The first-order valence-electron chi connectivity index (χ1n) is 8.53. The zero-order chi connectivity index (χ0) is 16.2. The van der Waals surface area contributed by atoms with Crippen molar-refractivity contribution in [1.29, 1.82) is 0 Å². The Kier molecular flexibility index (Phi) is 6.01. The van der Waals surface area contributed by atoms with E-state index in [1.165, 1.54) is 24.0 Å². The monoisotopic (exact) mass is 304 g/mol. The van der Waals surface area contributed by atoms with Crippen LogP contribution in [0.4, 0.5) is 0 Å². The number of aliphatic hydroxyl groups excluding tert-OH is 1. The molecule has 0 radical (unpaired) electrons. The molecule has 1 aliphatic rings. The first-order chi connectivity index (χ1) is 10.4. The Balaban J connectivity index is 2.01. The molecule has 1 N–H and O–H groups in total. The predicted octanol–water partition coefficient (Wildman–Crippen LogP) is 2.87. The number of hydrogen-bond acceptors (Lipinski definition) is 3. The quantitative estimate of drug-likeness (QED) is 0.906. The maximum Gasteiger partial charge on any atom is 0.0558 e. The molecule has 1 aliphatic heterocycles. The smallest absolute Gasteiger partial charge is 0.0558 e. The molecule has 22 heavy (non-hydrogen) atoms. The van der Waals surface area contributed by atoms with Crippen LogP contribution >= 0.6 is 0 Å². The minimum Gasteiger partial charge on any atom is -0.395 e. The van der Waals surface area contributed by atoms with Gasteiger partial charge in [0.25, 0.3) is 0 Å². The van der Waals surface area contributed by atoms with Crippen molar-refractivity contribution in [2.24, 2.45) is 0 Å². The highest BCUT2D eigenvalue weighted by Crippen LogP contribution is 2.23. The first-order valence-corrected chi connectivity index (χ1v) is 8.53. The molecule has 0 amide bonds. The molecule has 0 aromatic heterocycles. The number of piperidine rings is 1. The van der Waals surface area contributed by atoms with Gasteiger partial charge in [-0.15, -0.1) is 0 Å². The maximum atomic E-state index is 9.40. The van der Waals surface area contributed by atoms with E-state index in [1.54, 1.807) is 0 Å². The molecule has 1 aromatic rings. The van der Waals surface area contributed by atoms with E-state index in [0.717, 1.165) is 26.2 Å². The summed E-state index contributed by atoms with van der Waals surface area (Å²) < 4.78 is 0. The lowest BCUT2D eigenvalue weighted by Crippen LogP contribution is -2.44. The van der Waals surface area contributed by atoms with Gasteiger partial charge >= 0.3 is 0 Å². The van der Waals surface area contributed by atoms with E-state index < -0.39 is 0 Å². The van der Waals surface area contributed by atoms with Crippen molar-refractivity contribution >= 4 is 0 Å². The fourth-order valence-electron chi connectivity index (χ4n) is 3.22. The van der Waals surface area contributed by atoms with E-state index in [1.807, 2.05) is 0 Å². The van der Waals surface area contributed by atoms with E-state index >= 15 is 0 Å². The van der Waals surface area contributed by atoms with Crippen molar-refractivity contribution in [3.05, 3.63) is 35.4 Å². The van der Waals surface area contributed by atoms with Gasteiger partial charge in [0.05, 0.1) is 6.61 Å². The fourth-order valence-corrected chi connectivity index (χ4v) is 3.22. The summed E-state index contributed by atoms with van der Waals surface area (Å²) in [5, 5.41) is 9.40. The second-order valence-corrected chi connectivity index (χ2v) is 7.68. The van der Waals surface area contributed by atoms with Crippen LogP contribution in [0.3, 0.4) is 0 Å². The van der Waals surface area contributed by atoms with Gasteiger partial charge in [-0.2, -0.15) is 0 Å². The van der Waals surface area contributed by atoms with Gasteiger partial charge in [0.2, 0.25) is 0 Å². The Bertz CT molecular complexity index is 441. The summed E-state index contributed by atoms with van der Waals surface area (Å²) in [6.07, 6.45) is 2.41. The lowest BCUT2D eigenvalue weighted by molar-refractivity contribution is 0.0941. The van der Waals surface area contributed by atoms with Gasteiger partial charge in [0.15, 0.2) is 0 Å². The lowest BCUT2D eigenvalue weighted by Gasteiger charge is -2.37. The summed E-state index contributed by atoms with van der Waals surface area (Å²) in [6, 6.07) is 9.60. The van der Waals surface area contributed by atoms with Crippen molar-refractivity contribution in [3.63, 3.8) is 0 Å². The van der Waals surface area contributed by atoms with Gasteiger partial charge in [-0.05, 0) is 49.5 Å². The summed E-state index contributed by atoms with van der Waals surface area (Å²) in [5.74, 6) is 0. The van der Waals surface area contributed by atoms with Crippen molar-refractivity contribution in [2.75, 3.05) is 33.3 Å². The van der Waals surface area contributed by atoms with Crippen molar-refractivity contribution in [3.8, 4) is 0 Å². The Morgan fingerprint density at radius 3 is 2.23 bits per heavy atom. The third-order valence-corrected chi connectivity index (χ3v) is 4.80. The number of aliphatic hydroxyl groups is 1. The van der Waals surface area contributed by atoms with E-state index in [4.69, 9.17) is 0 Å². The van der Waals surface area contributed by atoms with E-state index in [0.29, 0.717) is 6.04 Å². The summed E-state index contributed by atoms with van der Waals surface area (Å²) in [5.41, 5.74) is 2.93. The van der Waals surface area contributed by atoms with Crippen molar-refractivity contribution in [1.82, 2.24) is 9.80 Å². The minimum absolute atomic E-state index is 0.206. The zero-order valence-electron chi connectivity index (χ0n) is 14.7. The van der Waals surface area contributed by atoms with Crippen LogP contribution in [0.2, 0.25) is 0 Å². The second-order valence-electron chi connectivity index (χ2n) is 7.68. The largest absolute Gasteiger partial charge is 0.395 e. The molecule has 1 heterocycles. The van der Waals surface area contributed by atoms with E-state index in [2.05, 4.69) is 61.9 Å². The molecular formula is C19H32N2O. The summed E-state index contributed by atoms with van der Waals surface area (Å²) in [7, 11) is 2.19. The molecule has 2 rings (SSSR count). The highest BCUT2D eigenvalue weighted by molar-refractivity contribution is 5.27. The van der Waals surface area contributed by atoms with Crippen LogP contribution < -0.4 is 0 Å². The molecule has 3 nitrogen and oxygen atoms in total. The standard InChI is InChI=1S/C19H32N2O/c1-19(2,3)17-7-5-16(6-8-17)15-21(13-14-22)18-9-11-20(4)12-10-18/h5-8,18,22H,9-15H2,1-4H3. The molecule has 0 spiro atoms. The maximum absolute atomic E-state index is 9.40. The number of hydrogen-bond donors (Lipinski definition) is 1. The van der Waals surface area contributed by atoms with Gasteiger partial charge in [0, 0.05) is 19.1 Å². The number of rotatable bonds is 5. The van der Waals surface area contributed by atoms with Gasteiger partial charge in [-0.3, -0.25) is 4.90 Å². The molecular weight excluding hydrogens is 272 g/mol. The predicted molar refractivity (Wildman–Crippen MR) is 93.2 cm³/mol. The molecule has 0 saturated carbocycles. The van der Waals surface area contributed by atoms with Crippen molar-refractivity contribution < 1.29 is 5.11 Å².